The lowest BCUT2D eigenvalue weighted by atomic mass is 10.2. The van der Waals surface area contributed by atoms with Gasteiger partial charge in [-0.3, -0.25) is 0 Å². The Labute approximate surface area is 83.4 Å². The van der Waals surface area contributed by atoms with E-state index in [1.165, 1.54) is 0 Å². The van der Waals surface area contributed by atoms with Crippen molar-refractivity contribution in [2.45, 2.75) is 19.9 Å². The van der Waals surface area contributed by atoms with E-state index in [1.54, 1.807) is 0 Å². The molecule has 14 heavy (non-hydrogen) atoms. The minimum atomic E-state index is 0.391. The van der Waals surface area contributed by atoms with E-state index in [-0.39, 0.29) is 0 Å². The predicted molar refractivity (Wildman–Crippen MR) is 57.0 cm³/mol. The smallest absolute Gasteiger partial charge is 0.101 e. The van der Waals surface area contributed by atoms with Crippen molar-refractivity contribution in [2.75, 3.05) is 0 Å². The molecule has 2 heteroatoms. The van der Waals surface area contributed by atoms with Crippen molar-refractivity contribution in [3.8, 4) is 6.07 Å². The van der Waals surface area contributed by atoms with Crippen LogP contribution < -0.4 is 0 Å². The number of aromatic nitrogens is 1. The van der Waals surface area contributed by atoms with E-state index in [1.807, 2.05) is 24.4 Å². The van der Waals surface area contributed by atoms with Crippen LogP contribution in [-0.4, -0.2) is 4.57 Å². The summed E-state index contributed by atoms with van der Waals surface area (Å²) in [5, 5.41) is 10.0. The summed E-state index contributed by atoms with van der Waals surface area (Å²) in [7, 11) is 0. The summed E-state index contributed by atoms with van der Waals surface area (Å²) in [6.07, 6.45) is 1.93. The van der Waals surface area contributed by atoms with E-state index in [4.69, 9.17) is 5.26 Å². The third-order valence-electron chi connectivity index (χ3n) is 2.42. The van der Waals surface area contributed by atoms with Crippen molar-refractivity contribution in [1.82, 2.24) is 4.57 Å². The van der Waals surface area contributed by atoms with E-state index < -0.39 is 0 Å². The number of para-hydroxylation sites is 1. The maximum absolute atomic E-state index is 8.97. The van der Waals surface area contributed by atoms with Gasteiger partial charge in [0.15, 0.2) is 0 Å². The first kappa shape index (κ1) is 8.83. The Balaban J connectivity index is 2.82. The van der Waals surface area contributed by atoms with Gasteiger partial charge in [0.05, 0.1) is 5.56 Å². The molecule has 0 spiro atoms. The van der Waals surface area contributed by atoms with E-state index in [9.17, 15) is 0 Å². The average Bonchev–Trinajstić information content (AvgIpc) is 2.56. The average molecular weight is 184 g/mol. The highest BCUT2D eigenvalue weighted by molar-refractivity contribution is 5.86. The molecule has 0 aliphatic carbocycles. The van der Waals surface area contributed by atoms with Gasteiger partial charge in [0.2, 0.25) is 0 Å². The Kier molecular flexibility index (Phi) is 2.01. The molecule has 1 heterocycles. The molecule has 0 radical (unpaired) electrons. The molecule has 0 fully saturated rings. The van der Waals surface area contributed by atoms with Gasteiger partial charge in [-0.25, -0.2) is 0 Å². The number of rotatable bonds is 1. The summed E-state index contributed by atoms with van der Waals surface area (Å²) in [5.41, 5.74) is 1.90. The van der Waals surface area contributed by atoms with Gasteiger partial charge >= 0.3 is 0 Å². The highest BCUT2D eigenvalue weighted by Crippen LogP contribution is 2.23. The molecular formula is C12H12N2. The first-order valence-electron chi connectivity index (χ1n) is 4.73. The van der Waals surface area contributed by atoms with Crippen LogP contribution in [0.25, 0.3) is 10.9 Å². The summed E-state index contributed by atoms with van der Waals surface area (Å²) < 4.78 is 2.13. The van der Waals surface area contributed by atoms with Crippen LogP contribution in [0.1, 0.15) is 25.5 Å². The van der Waals surface area contributed by atoms with Crippen LogP contribution in [0, 0.1) is 11.3 Å². The molecule has 0 N–H and O–H groups in total. The molecule has 0 atom stereocenters. The fraction of sp³-hybridized carbons (Fsp3) is 0.250. The zero-order valence-electron chi connectivity index (χ0n) is 8.36. The standard InChI is InChI=1S/C12H12N2/c1-9(2)14-8-10(7-13)11-5-3-4-6-12(11)14/h3-6,8-9H,1-2H3. The number of hydrogen-bond donors (Lipinski definition) is 0. The molecule has 0 unspecified atom stereocenters. The van der Waals surface area contributed by atoms with Gasteiger partial charge in [0, 0.05) is 23.1 Å². The second-order valence-electron chi connectivity index (χ2n) is 3.67. The van der Waals surface area contributed by atoms with Gasteiger partial charge in [0.1, 0.15) is 6.07 Å². The first-order chi connectivity index (χ1) is 6.74. The van der Waals surface area contributed by atoms with Crippen LogP contribution in [0.3, 0.4) is 0 Å². The van der Waals surface area contributed by atoms with Crippen LogP contribution in [-0.2, 0) is 0 Å². The molecular weight excluding hydrogens is 172 g/mol. The molecule has 0 aliphatic heterocycles. The quantitative estimate of drug-likeness (QED) is 0.669. The van der Waals surface area contributed by atoms with Gasteiger partial charge in [-0.05, 0) is 19.9 Å². The summed E-state index contributed by atoms with van der Waals surface area (Å²) in [6, 6.07) is 10.6. The molecule has 0 saturated carbocycles. The SMILES string of the molecule is CC(C)n1cc(C#N)c2ccccc21. The number of fused-ring (bicyclic) bond motifs is 1. The fourth-order valence-electron chi connectivity index (χ4n) is 1.72. The van der Waals surface area contributed by atoms with E-state index in [0.29, 0.717) is 6.04 Å². The largest absolute Gasteiger partial charge is 0.344 e. The Morgan fingerprint density at radius 1 is 1.29 bits per heavy atom. The van der Waals surface area contributed by atoms with Crippen LogP contribution in [0.5, 0.6) is 0 Å². The third-order valence-corrected chi connectivity index (χ3v) is 2.42. The molecule has 0 amide bonds. The zero-order chi connectivity index (χ0) is 10.1. The number of hydrogen-bond acceptors (Lipinski definition) is 1. The lowest BCUT2D eigenvalue weighted by Gasteiger charge is -2.08. The maximum Gasteiger partial charge on any atom is 0.101 e. The van der Waals surface area contributed by atoms with E-state index >= 15 is 0 Å². The van der Waals surface area contributed by atoms with Crippen LogP contribution in [0.15, 0.2) is 30.5 Å². The van der Waals surface area contributed by atoms with Gasteiger partial charge in [-0.15, -0.1) is 0 Å². The van der Waals surface area contributed by atoms with E-state index in [0.717, 1.165) is 16.5 Å². The number of benzene rings is 1. The highest BCUT2D eigenvalue weighted by atomic mass is 15.0. The molecule has 0 saturated heterocycles. The van der Waals surface area contributed by atoms with Gasteiger partial charge < -0.3 is 4.57 Å². The zero-order valence-corrected chi connectivity index (χ0v) is 8.36. The number of nitriles is 1. The van der Waals surface area contributed by atoms with E-state index in [2.05, 4.69) is 30.6 Å². The second-order valence-corrected chi connectivity index (χ2v) is 3.67. The van der Waals surface area contributed by atoms with Crippen LogP contribution in [0.2, 0.25) is 0 Å². The van der Waals surface area contributed by atoms with Crippen molar-refractivity contribution >= 4 is 10.9 Å². The minimum Gasteiger partial charge on any atom is -0.344 e. The Morgan fingerprint density at radius 2 is 2.00 bits per heavy atom. The van der Waals surface area contributed by atoms with Crippen molar-refractivity contribution in [3.63, 3.8) is 0 Å². The highest BCUT2D eigenvalue weighted by Gasteiger charge is 2.08. The Bertz CT molecular complexity index is 501. The summed E-state index contributed by atoms with van der Waals surface area (Å²) in [6.45, 7) is 4.24. The lowest BCUT2D eigenvalue weighted by Crippen LogP contribution is -1.97. The molecule has 2 rings (SSSR count). The summed E-state index contributed by atoms with van der Waals surface area (Å²) in [4.78, 5) is 0. The van der Waals surface area contributed by atoms with Crippen molar-refractivity contribution in [3.05, 3.63) is 36.0 Å². The Morgan fingerprint density at radius 3 is 2.64 bits per heavy atom. The molecule has 1 aromatic carbocycles. The predicted octanol–water partition coefficient (Wildman–Crippen LogP) is 3.09. The number of nitrogens with zero attached hydrogens (tertiary/aromatic N) is 2. The molecule has 0 aliphatic rings. The van der Waals surface area contributed by atoms with Crippen molar-refractivity contribution in [2.24, 2.45) is 0 Å². The second kappa shape index (κ2) is 3.19. The van der Waals surface area contributed by atoms with Crippen LogP contribution in [0.4, 0.5) is 0 Å². The molecule has 0 bridgehead atoms. The van der Waals surface area contributed by atoms with Crippen LogP contribution >= 0.6 is 0 Å². The van der Waals surface area contributed by atoms with Crippen molar-refractivity contribution in [1.29, 1.82) is 5.26 Å². The minimum absolute atomic E-state index is 0.391. The van der Waals surface area contributed by atoms with Gasteiger partial charge in [-0.1, -0.05) is 18.2 Å². The topological polar surface area (TPSA) is 28.7 Å². The molecule has 2 nitrogen and oxygen atoms in total. The molecule has 1 aromatic heterocycles. The molecule has 2 aromatic rings. The summed E-state index contributed by atoms with van der Waals surface area (Å²) >= 11 is 0. The Hall–Kier alpha value is -1.75. The van der Waals surface area contributed by atoms with Crippen molar-refractivity contribution < 1.29 is 0 Å². The summed E-state index contributed by atoms with van der Waals surface area (Å²) in [5.74, 6) is 0. The third kappa shape index (κ3) is 1.18. The normalized spacial score (nSPS) is 10.7. The fourth-order valence-corrected chi connectivity index (χ4v) is 1.72. The van der Waals surface area contributed by atoms with Gasteiger partial charge in [-0.2, -0.15) is 5.26 Å². The first-order valence-corrected chi connectivity index (χ1v) is 4.73. The lowest BCUT2D eigenvalue weighted by molar-refractivity contribution is 0.622. The maximum atomic E-state index is 8.97. The molecule has 70 valence electrons. The van der Waals surface area contributed by atoms with Gasteiger partial charge in [0.25, 0.3) is 0 Å². The monoisotopic (exact) mass is 184 g/mol.